The minimum Gasteiger partial charge on any atom is -0.370 e. The summed E-state index contributed by atoms with van der Waals surface area (Å²) in [6, 6.07) is 1.76. The van der Waals surface area contributed by atoms with E-state index in [0.717, 1.165) is 30.7 Å². The minimum absolute atomic E-state index is 0.0432. The van der Waals surface area contributed by atoms with Gasteiger partial charge in [-0.15, -0.1) is 0 Å². The first kappa shape index (κ1) is 14.1. The Balaban J connectivity index is 1.78. The van der Waals surface area contributed by atoms with E-state index in [2.05, 4.69) is 25.9 Å². The number of nitrogens with zero attached hydrogens (tertiary/aromatic N) is 3. The Hall–Kier alpha value is -0.840. The Morgan fingerprint density at radius 3 is 2.50 bits per heavy atom. The third-order valence-electron chi connectivity index (χ3n) is 4.76. The predicted octanol–water partition coefficient (Wildman–Crippen LogP) is 2.80. The summed E-state index contributed by atoms with van der Waals surface area (Å²) < 4.78 is 1.66. The molecular formula is C15H22BrN3O. The van der Waals surface area contributed by atoms with Crippen molar-refractivity contribution in [3.8, 4) is 0 Å². The number of anilines is 1. The third-order valence-corrected chi connectivity index (χ3v) is 5.95. The van der Waals surface area contributed by atoms with Crippen molar-refractivity contribution in [3.05, 3.63) is 22.6 Å². The van der Waals surface area contributed by atoms with Crippen molar-refractivity contribution in [2.24, 2.45) is 5.41 Å². The molecule has 1 saturated carbocycles. The first-order valence-electron chi connectivity index (χ1n) is 7.61. The molecule has 2 fully saturated rings. The van der Waals surface area contributed by atoms with E-state index in [1.54, 1.807) is 10.7 Å². The lowest BCUT2D eigenvalue weighted by molar-refractivity contribution is 0.271. The second-order valence-electron chi connectivity index (χ2n) is 6.24. The Bertz CT molecular complexity index is 516. The van der Waals surface area contributed by atoms with Gasteiger partial charge in [0.1, 0.15) is 0 Å². The van der Waals surface area contributed by atoms with Crippen LogP contribution in [0.15, 0.2) is 17.1 Å². The van der Waals surface area contributed by atoms with Crippen LogP contribution in [-0.4, -0.2) is 28.2 Å². The molecule has 0 radical (unpaired) electrons. The number of aromatic nitrogens is 2. The molecule has 5 heteroatoms. The van der Waals surface area contributed by atoms with Gasteiger partial charge >= 0.3 is 0 Å². The van der Waals surface area contributed by atoms with Crippen LogP contribution in [0.3, 0.4) is 0 Å². The summed E-state index contributed by atoms with van der Waals surface area (Å²) in [5.41, 5.74) is 1.26. The molecule has 2 aliphatic rings. The molecule has 0 bridgehead atoms. The molecule has 20 heavy (non-hydrogen) atoms. The summed E-state index contributed by atoms with van der Waals surface area (Å²) in [6.07, 6.45) is 9.23. The van der Waals surface area contributed by atoms with E-state index in [1.165, 1.54) is 38.5 Å². The molecule has 0 atom stereocenters. The van der Waals surface area contributed by atoms with Gasteiger partial charge in [-0.3, -0.25) is 4.79 Å². The first-order chi connectivity index (χ1) is 9.72. The second kappa shape index (κ2) is 5.88. The van der Waals surface area contributed by atoms with E-state index < -0.39 is 0 Å². The lowest BCUT2D eigenvalue weighted by atomic mass is 9.89. The standard InChI is InChI=1S/C15H22BrN3O/c16-11-15(5-1-2-6-15)12-19-14(20)9-13(10-17-19)18-7-3-4-8-18/h9-10H,1-8,11-12H2. The van der Waals surface area contributed by atoms with Crippen LogP contribution in [0.2, 0.25) is 0 Å². The van der Waals surface area contributed by atoms with E-state index >= 15 is 0 Å². The summed E-state index contributed by atoms with van der Waals surface area (Å²) in [5, 5.41) is 5.38. The maximum atomic E-state index is 12.3. The molecule has 0 spiro atoms. The first-order valence-corrected chi connectivity index (χ1v) is 8.73. The fourth-order valence-electron chi connectivity index (χ4n) is 3.47. The fraction of sp³-hybridized carbons (Fsp3) is 0.733. The molecule has 1 aromatic rings. The summed E-state index contributed by atoms with van der Waals surface area (Å²) >= 11 is 3.63. The van der Waals surface area contributed by atoms with E-state index in [9.17, 15) is 4.79 Å². The molecule has 0 aromatic carbocycles. The van der Waals surface area contributed by atoms with Crippen LogP contribution < -0.4 is 10.5 Å². The second-order valence-corrected chi connectivity index (χ2v) is 6.81. The summed E-state index contributed by atoms with van der Waals surface area (Å²) in [5.74, 6) is 0. The topological polar surface area (TPSA) is 38.1 Å². The van der Waals surface area contributed by atoms with Crippen molar-refractivity contribution in [2.45, 2.75) is 45.1 Å². The highest BCUT2D eigenvalue weighted by Crippen LogP contribution is 2.40. The van der Waals surface area contributed by atoms with E-state index in [4.69, 9.17) is 0 Å². The molecule has 0 amide bonds. The van der Waals surface area contributed by atoms with Crippen LogP contribution in [0.1, 0.15) is 38.5 Å². The van der Waals surface area contributed by atoms with Crippen molar-refractivity contribution >= 4 is 21.6 Å². The molecule has 4 nitrogen and oxygen atoms in total. The largest absolute Gasteiger partial charge is 0.370 e. The molecular weight excluding hydrogens is 318 g/mol. The predicted molar refractivity (Wildman–Crippen MR) is 84.6 cm³/mol. The monoisotopic (exact) mass is 339 g/mol. The van der Waals surface area contributed by atoms with Crippen LogP contribution >= 0.6 is 15.9 Å². The van der Waals surface area contributed by atoms with Crippen LogP contribution in [0.25, 0.3) is 0 Å². The molecule has 0 N–H and O–H groups in total. The summed E-state index contributed by atoms with van der Waals surface area (Å²) in [6.45, 7) is 2.85. The number of hydrogen-bond acceptors (Lipinski definition) is 3. The van der Waals surface area contributed by atoms with E-state index in [1.807, 2.05) is 6.20 Å². The lowest BCUT2D eigenvalue weighted by Crippen LogP contribution is -2.34. The van der Waals surface area contributed by atoms with Gasteiger partial charge in [0.25, 0.3) is 5.56 Å². The third kappa shape index (κ3) is 2.78. The van der Waals surface area contributed by atoms with Gasteiger partial charge in [0.05, 0.1) is 18.4 Å². The van der Waals surface area contributed by atoms with Gasteiger partial charge < -0.3 is 4.90 Å². The Labute approximate surface area is 128 Å². The van der Waals surface area contributed by atoms with E-state index in [0.29, 0.717) is 0 Å². The molecule has 1 aliphatic heterocycles. The highest BCUT2D eigenvalue weighted by atomic mass is 79.9. The smallest absolute Gasteiger partial charge is 0.268 e. The molecule has 1 aliphatic carbocycles. The van der Waals surface area contributed by atoms with Gasteiger partial charge in [0, 0.05) is 24.5 Å². The summed E-state index contributed by atoms with van der Waals surface area (Å²) in [7, 11) is 0. The van der Waals surface area contributed by atoms with Gasteiger partial charge in [-0.05, 0) is 31.1 Å². The van der Waals surface area contributed by atoms with E-state index in [-0.39, 0.29) is 11.0 Å². The highest BCUT2D eigenvalue weighted by molar-refractivity contribution is 9.09. The average molecular weight is 340 g/mol. The van der Waals surface area contributed by atoms with Crippen LogP contribution in [0.4, 0.5) is 5.69 Å². The molecule has 0 unspecified atom stereocenters. The van der Waals surface area contributed by atoms with Crippen LogP contribution in [0.5, 0.6) is 0 Å². The van der Waals surface area contributed by atoms with Crippen molar-refractivity contribution in [3.63, 3.8) is 0 Å². The quantitative estimate of drug-likeness (QED) is 0.791. The maximum Gasteiger partial charge on any atom is 0.268 e. The number of alkyl halides is 1. The van der Waals surface area contributed by atoms with Crippen molar-refractivity contribution in [1.29, 1.82) is 0 Å². The van der Waals surface area contributed by atoms with Gasteiger partial charge in [-0.25, -0.2) is 4.68 Å². The average Bonchev–Trinajstić information content (AvgIpc) is 3.13. The molecule has 1 aromatic heterocycles. The lowest BCUT2D eigenvalue weighted by Gasteiger charge is -2.26. The molecule has 2 heterocycles. The maximum absolute atomic E-state index is 12.3. The normalized spacial score (nSPS) is 21.6. The number of halogens is 1. The van der Waals surface area contributed by atoms with Gasteiger partial charge in [0.15, 0.2) is 0 Å². The minimum atomic E-state index is 0.0432. The van der Waals surface area contributed by atoms with Crippen LogP contribution in [-0.2, 0) is 6.54 Å². The number of hydrogen-bond donors (Lipinski definition) is 0. The Morgan fingerprint density at radius 1 is 1.20 bits per heavy atom. The zero-order valence-corrected chi connectivity index (χ0v) is 13.4. The Morgan fingerprint density at radius 2 is 1.90 bits per heavy atom. The Kier molecular flexibility index (Phi) is 4.15. The van der Waals surface area contributed by atoms with Gasteiger partial charge in [-0.1, -0.05) is 28.8 Å². The van der Waals surface area contributed by atoms with Crippen LogP contribution in [0, 0.1) is 5.41 Å². The highest BCUT2D eigenvalue weighted by Gasteiger charge is 2.33. The number of rotatable bonds is 4. The van der Waals surface area contributed by atoms with Crippen molar-refractivity contribution in [2.75, 3.05) is 23.3 Å². The van der Waals surface area contributed by atoms with Gasteiger partial charge in [-0.2, -0.15) is 5.10 Å². The SMILES string of the molecule is O=c1cc(N2CCCC2)cnn1CC1(CBr)CCCC1. The zero-order valence-electron chi connectivity index (χ0n) is 11.9. The van der Waals surface area contributed by atoms with Crippen molar-refractivity contribution < 1.29 is 0 Å². The van der Waals surface area contributed by atoms with Gasteiger partial charge in [0.2, 0.25) is 0 Å². The molecule has 3 rings (SSSR count). The zero-order chi connectivity index (χ0) is 14.0. The fourth-order valence-corrected chi connectivity index (χ4v) is 4.21. The van der Waals surface area contributed by atoms with Crippen molar-refractivity contribution in [1.82, 2.24) is 9.78 Å². The molecule has 1 saturated heterocycles. The molecule has 110 valence electrons. The summed E-state index contributed by atoms with van der Waals surface area (Å²) in [4.78, 5) is 14.6.